The van der Waals surface area contributed by atoms with Crippen LogP contribution in [0.15, 0.2) is 53.0 Å². The number of unbranched alkanes of at least 4 members (excludes halogenated alkanes) is 3. The van der Waals surface area contributed by atoms with Gasteiger partial charge in [0, 0.05) is 16.0 Å². The Morgan fingerprint density at radius 2 is 2.05 bits per heavy atom. The number of benzene rings is 1. The van der Waals surface area contributed by atoms with E-state index in [1.807, 2.05) is 48.2 Å². The highest BCUT2D eigenvalue weighted by atomic mass is 32.2. The Hall–Kier alpha value is -1.28. The zero-order valence-corrected chi connectivity index (χ0v) is 12.9. The van der Waals surface area contributed by atoms with Crippen molar-refractivity contribution < 1.29 is 4.79 Å². The first-order valence-corrected chi connectivity index (χ1v) is 8.43. The smallest absolute Gasteiger partial charge is 0.190 e. The third-order valence-electron chi connectivity index (χ3n) is 3.45. The molecule has 0 saturated carbocycles. The molecule has 1 aromatic rings. The van der Waals surface area contributed by atoms with E-state index < -0.39 is 0 Å². The molecule has 1 aliphatic rings. The van der Waals surface area contributed by atoms with Crippen LogP contribution in [-0.2, 0) is 0 Å². The molecule has 0 radical (unpaired) electrons. The monoisotopic (exact) mass is 286 g/mol. The van der Waals surface area contributed by atoms with Gasteiger partial charge in [-0.3, -0.25) is 4.79 Å². The second-order valence-electron chi connectivity index (χ2n) is 5.06. The molecule has 0 fully saturated rings. The SMILES string of the molecule is CCCCCCSc1ccccc1C(=O)C1=CC=CC1. The second kappa shape index (κ2) is 8.11. The molecule has 0 unspecified atom stereocenters. The van der Waals surface area contributed by atoms with Gasteiger partial charge in [-0.25, -0.2) is 0 Å². The molecule has 0 aromatic heterocycles. The van der Waals surface area contributed by atoms with Gasteiger partial charge >= 0.3 is 0 Å². The number of thioether (sulfide) groups is 1. The number of carbonyl (C=O) groups excluding carboxylic acids is 1. The maximum atomic E-state index is 12.5. The molecule has 0 atom stereocenters. The summed E-state index contributed by atoms with van der Waals surface area (Å²) in [5.41, 5.74) is 1.77. The van der Waals surface area contributed by atoms with Crippen LogP contribution in [0.25, 0.3) is 0 Å². The van der Waals surface area contributed by atoms with Crippen molar-refractivity contribution in [2.24, 2.45) is 0 Å². The molecule has 0 amide bonds. The molecule has 0 aliphatic heterocycles. The number of carbonyl (C=O) groups is 1. The standard InChI is InChI=1S/C18H22OS/c1-2-3-4-9-14-20-17-13-8-7-12-16(17)18(19)15-10-5-6-11-15/h5-8,10,12-13H,2-4,9,11,14H2,1H3. The summed E-state index contributed by atoms with van der Waals surface area (Å²) in [7, 11) is 0. The number of Topliss-reactive ketones (excluding diaryl/α,β-unsaturated/α-hetero) is 1. The van der Waals surface area contributed by atoms with Gasteiger partial charge in [0.2, 0.25) is 0 Å². The maximum Gasteiger partial charge on any atom is 0.190 e. The largest absolute Gasteiger partial charge is 0.289 e. The number of hydrogen-bond donors (Lipinski definition) is 0. The van der Waals surface area contributed by atoms with E-state index in [4.69, 9.17) is 0 Å². The fourth-order valence-electron chi connectivity index (χ4n) is 2.28. The van der Waals surface area contributed by atoms with Crippen molar-refractivity contribution in [1.82, 2.24) is 0 Å². The summed E-state index contributed by atoms with van der Waals surface area (Å²) < 4.78 is 0. The van der Waals surface area contributed by atoms with E-state index in [9.17, 15) is 4.79 Å². The Kier molecular flexibility index (Phi) is 6.13. The predicted octanol–water partition coefficient (Wildman–Crippen LogP) is 5.43. The molecule has 20 heavy (non-hydrogen) atoms. The number of ketones is 1. The highest BCUT2D eigenvalue weighted by Gasteiger charge is 2.16. The second-order valence-corrected chi connectivity index (χ2v) is 6.20. The normalized spacial score (nSPS) is 13.6. The lowest BCUT2D eigenvalue weighted by atomic mass is 10.0. The van der Waals surface area contributed by atoms with Crippen molar-refractivity contribution in [2.45, 2.75) is 43.9 Å². The molecule has 1 aromatic carbocycles. The van der Waals surface area contributed by atoms with E-state index in [1.54, 1.807) is 0 Å². The number of hydrogen-bond acceptors (Lipinski definition) is 2. The first-order chi connectivity index (χ1) is 9.83. The topological polar surface area (TPSA) is 17.1 Å². The molecule has 0 N–H and O–H groups in total. The van der Waals surface area contributed by atoms with Crippen LogP contribution in [0.5, 0.6) is 0 Å². The fraction of sp³-hybridized carbons (Fsp3) is 0.389. The van der Waals surface area contributed by atoms with Crippen LogP contribution in [0.1, 0.15) is 49.4 Å². The van der Waals surface area contributed by atoms with Gasteiger partial charge in [-0.2, -0.15) is 0 Å². The fourth-order valence-corrected chi connectivity index (χ4v) is 3.34. The third kappa shape index (κ3) is 4.11. The zero-order chi connectivity index (χ0) is 14.2. The first-order valence-electron chi connectivity index (χ1n) is 7.45. The molecule has 106 valence electrons. The predicted molar refractivity (Wildman–Crippen MR) is 87.5 cm³/mol. The Bertz CT molecular complexity index is 514. The summed E-state index contributed by atoms with van der Waals surface area (Å²) in [5.74, 6) is 1.29. The third-order valence-corrected chi connectivity index (χ3v) is 4.61. The van der Waals surface area contributed by atoms with Crippen LogP contribution in [0.2, 0.25) is 0 Å². The van der Waals surface area contributed by atoms with Crippen molar-refractivity contribution in [1.29, 1.82) is 0 Å². The molecule has 0 heterocycles. The molecule has 0 bridgehead atoms. The van der Waals surface area contributed by atoms with Crippen molar-refractivity contribution in [3.63, 3.8) is 0 Å². The van der Waals surface area contributed by atoms with Crippen LogP contribution in [0.4, 0.5) is 0 Å². The Morgan fingerprint density at radius 3 is 2.80 bits per heavy atom. The highest BCUT2D eigenvalue weighted by molar-refractivity contribution is 7.99. The molecule has 0 saturated heterocycles. The quantitative estimate of drug-likeness (QED) is 0.360. The summed E-state index contributed by atoms with van der Waals surface area (Å²) in [4.78, 5) is 13.6. The van der Waals surface area contributed by atoms with Gasteiger partial charge in [-0.15, -0.1) is 11.8 Å². The van der Waals surface area contributed by atoms with Crippen LogP contribution in [0.3, 0.4) is 0 Å². The average molecular weight is 286 g/mol. The molecule has 1 aliphatic carbocycles. The van der Waals surface area contributed by atoms with E-state index in [0.717, 1.165) is 28.2 Å². The molecule has 2 heteroatoms. The van der Waals surface area contributed by atoms with Crippen molar-refractivity contribution >= 4 is 17.5 Å². The van der Waals surface area contributed by atoms with E-state index in [0.29, 0.717) is 0 Å². The van der Waals surface area contributed by atoms with Gasteiger partial charge in [0.1, 0.15) is 0 Å². The molecule has 0 spiro atoms. The van der Waals surface area contributed by atoms with Gasteiger partial charge in [0.15, 0.2) is 5.78 Å². The summed E-state index contributed by atoms with van der Waals surface area (Å²) in [5, 5.41) is 0. The number of rotatable bonds is 8. The van der Waals surface area contributed by atoms with E-state index in [2.05, 4.69) is 13.0 Å². The van der Waals surface area contributed by atoms with Gasteiger partial charge in [0.25, 0.3) is 0 Å². The minimum Gasteiger partial charge on any atom is -0.289 e. The lowest BCUT2D eigenvalue weighted by Gasteiger charge is -2.09. The molecule has 1 nitrogen and oxygen atoms in total. The van der Waals surface area contributed by atoms with Crippen molar-refractivity contribution in [2.75, 3.05) is 5.75 Å². The van der Waals surface area contributed by atoms with Crippen molar-refractivity contribution in [3.8, 4) is 0 Å². The Labute approximate surface area is 126 Å². The maximum absolute atomic E-state index is 12.5. The average Bonchev–Trinajstić information content (AvgIpc) is 3.01. The van der Waals surface area contributed by atoms with E-state index in [1.165, 1.54) is 25.7 Å². The molecular weight excluding hydrogens is 264 g/mol. The van der Waals surface area contributed by atoms with Crippen molar-refractivity contribution in [3.05, 3.63) is 53.6 Å². The zero-order valence-electron chi connectivity index (χ0n) is 12.1. The summed E-state index contributed by atoms with van der Waals surface area (Å²) in [6.45, 7) is 2.23. The highest BCUT2D eigenvalue weighted by Crippen LogP contribution is 2.27. The van der Waals surface area contributed by atoms with Gasteiger partial charge in [0.05, 0.1) is 0 Å². The minimum absolute atomic E-state index is 0.187. The van der Waals surface area contributed by atoms with Gasteiger partial charge in [-0.1, -0.05) is 56.5 Å². The van der Waals surface area contributed by atoms with Crippen LogP contribution in [-0.4, -0.2) is 11.5 Å². The summed E-state index contributed by atoms with van der Waals surface area (Å²) in [6.07, 6.45) is 11.8. The van der Waals surface area contributed by atoms with E-state index in [-0.39, 0.29) is 5.78 Å². The first kappa shape index (κ1) is 15.1. The number of allylic oxidation sites excluding steroid dienone is 4. The van der Waals surface area contributed by atoms with Gasteiger partial charge < -0.3 is 0 Å². The van der Waals surface area contributed by atoms with Crippen LogP contribution >= 0.6 is 11.8 Å². The minimum atomic E-state index is 0.187. The van der Waals surface area contributed by atoms with E-state index >= 15 is 0 Å². The lowest BCUT2D eigenvalue weighted by molar-refractivity contribution is 0.103. The summed E-state index contributed by atoms with van der Waals surface area (Å²) >= 11 is 1.82. The van der Waals surface area contributed by atoms with Crippen LogP contribution in [0, 0.1) is 0 Å². The van der Waals surface area contributed by atoms with Crippen LogP contribution < -0.4 is 0 Å². The van der Waals surface area contributed by atoms with Gasteiger partial charge in [-0.05, 0) is 30.7 Å². The lowest BCUT2D eigenvalue weighted by Crippen LogP contribution is -2.03. The summed E-state index contributed by atoms with van der Waals surface area (Å²) in [6, 6.07) is 8.00. The Balaban J connectivity index is 1.97. The molecular formula is C18H22OS. The Morgan fingerprint density at radius 1 is 1.20 bits per heavy atom. The molecule has 2 rings (SSSR count).